The summed E-state index contributed by atoms with van der Waals surface area (Å²) in [7, 11) is -3.83. The van der Waals surface area contributed by atoms with Gasteiger partial charge in [-0.1, -0.05) is 29.8 Å². The van der Waals surface area contributed by atoms with Gasteiger partial charge in [0.1, 0.15) is 5.15 Å². The molecule has 2 aromatic rings. The average Bonchev–Trinajstić information content (AvgIpc) is 2.61. The van der Waals surface area contributed by atoms with E-state index in [0.29, 0.717) is 5.69 Å². The van der Waals surface area contributed by atoms with Gasteiger partial charge in [-0.2, -0.15) is 5.10 Å². The number of hydrogen-bond acceptors (Lipinski definition) is 3. The van der Waals surface area contributed by atoms with Crippen LogP contribution in [0.15, 0.2) is 41.4 Å². The Morgan fingerprint density at radius 3 is 2.38 bits per heavy atom. The highest BCUT2D eigenvalue weighted by molar-refractivity contribution is 7.89. The summed E-state index contributed by atoms with van der Waals surface area (Å²) in [5, 5.41) is 8.72. The van der Waals surface area contributed by atoms with Crippen molar-refractivity contribution >= 4 is 21.6 Å². The zero-order chi connectivity index (χ0) is 11.8. The van der Waals surface area contributed by atoms with Gasteiger partial charge in [-0.25, -0.2) is 18.2 Å². The van der Waals surface area contributed by atoms with Gasteiger partial charge in [0.15, 0.2) is 5.03 Å². The molecule has 0 saturated heterocycles. The predicted molar refractivity (Wildman–Crippen MR) is 59.9 cm³/mol. The third-order valence-corrected chi connectivity index (χ3v) is 2.99. The summed E-state index contributed by atoms with van der Waals surface area (Å²) in [6.45, 7) is 0. The average molecular weight is 258 g/mol. The van der Waals surface area contributed by atoms with Crippen LogP contribution in [0.25, 0.3) is 5.69 Å². The number of aromatic nitrogens is 2. The van der Waals surface area contributed by atoms with Gasteiger partial charge in [-0.3, -0.25) is 0 Å². The molecule has 0 aliphatic carbocycles. The SMILES string of the molecule is NS(=O)(=O)c1cc(Cl)n(-c2ccccc2)n1. The van der Waals surface area contributed by atoms with E-state index in [9.17, 15) is 8.42 Å². The lowest BCUT2D eigenvalue weighted by Crippen LogP contribution is -2.13. The summed E-state index contributed by atoms with van der Waals surface area (Å²) in [4.78, 5) is 0. The first kappa shape index (κ1) is 11.1. The van der Waals surface area contributed by atoms with Crippen LogP contribution in [-0.4, -0.2) is 18.2 Å². The molecule has 0 saturated carbocycles. The highest BCUT2D eigenvalue weighted by atomic mass is 35.5. The number of halogens is 1. The van der Waals surface area contributed by atoms with Crippen LogP contribution in [0.4, 0.5) is 0 Å². The van der Waals surface area contributed by atoms with Crippen molar-refractivity contribution in [2.75, 3.05) is 0 Å². The molecule has 7 heteroatoms. The van der Waals surface area contributed by atoms with Crippen LogP contribution in [0.2, 0.25) is 5.15 Å². The van der Waals surface area contributed by atoms with Crippen LogP contribution in [0, 0.1) is 0 Å². The zero-order valence-corrected chi connectivity index (χ0v) is 9.61. The van der Waals surface area contributed by atoms with Gasteiger partial charge in [-0.15, -0.1) is 0 Å². The molecule has 0 aliphatic rings. The Bertz CT molecular complexity index is 607. The maximum absolute atomic E-state index is 11.1. The van der Waals surface area contributed by atoms with E-state index < -0.39 is 10.0 Å². The predicted octanol–water partition coefficient (Wildman–Crippen LogP) is 1.17. The van der Waals surface area contributed by atoms with Crippen molar-refractivity contribution in [3.63, 3.8) is 0 Å². The summed E-state index contributed by atoms with van der Waals surface area (Å²) in [6, 6.07) is 10.1. The van der Waals surface area contributed by atoms with E-state index in [-0.39, 0.29) is 10.2 Å². The molecule has 2 N–H and O–H groups in total. The molecule has 0 atom stereocenters. The van der Waals surface area contributed by atoms with Crippen LogP contribution < -0.4 is 5.14 Å². The smallest absolute Gasteiger partial charge is 0.223 e. The molecule has 0 amide bonds. The molecule has 2 rings (SSSR count). The Morgan fingerprint density at radius 1 is 1.25 bits per heavy atom. The molecule has 0 aliphatic heterocycles. The second-order valence-corrected chi connectivity index (χ2v) is 4.99. The van der Waals surface area contributed by atoms with E-state index in [2.05, 4.69) is 5.10 Å². The summed E-state index contributed by atoms with van der Waals surface area (Å²) < 4.78 is 23.5. The Balaban J connectivity index is 2.57. The monoisotopic (exact) mass is 257 g/mol. The van der Waals surface area contributed by atoms with Crippen molar-refractivity contribution in [1.82, 2.24) is 9.78 Å². The minimum Gasteiger partial charge on any atom is -0.223 e. The standard InChI is InChI=1S/C9H8ClN3O2S/c10-8-6-9(16(11,14)15)12-13(8)7-4-2-1-3-5-7/h1-6H,(H2,11,14,15). The molecule has 0 radical (unpaired) electrons. The summed E-state index contributed by atoms with van der Waals surface area (Å²) in [5.74, 6) is 0. The second-order valence-electron chi connectivity index (χ2n) is 3.10. The number of para-hydroxylation sites is 1. The minimum atomic E-state index is -3.83. The van der Waals surface area contributed by atoms with E-state index in [1.54, 1.807) is 24.3 Å². The van der Waals surface area contributed by atoms with Gasteiger partial charge in [0.05, 0.1) is 5.69 Å². The first-order chi connectivity index (χ1) is 7.48. The fourth-order valence-corrected chi connectivity index (χ4v) is 2.00. The molecule has 16 heavy (non-hydrogen) atoms. The highest BCUT2D eigenvalue weighted by Gasteiger charge is 2.15. The molecular formula is C9H8ClN3O2S. The van der Waals surface area contributed by atoms with E-state index in [0.717, 1.165) is 0 Å². The molecule has 1 aromatic heterocycles. The highest BCUT2D eigenvalue weighted by Crippen LogP contribution is 2.18. The molecular weight excluding hydrogens is 250 g/mol. The van der Waals surface area contributed by atoms with E-state index >= 15 is 0 Å². The van der Waals surface area contributed by atoms with Crippen LogP contribution in [0.3, 0.4) is 0 Å². The molecule has 0 unspecified atom stereocenters. The molecule has 84 valence electrons. The normalized spacial score (nSPS) is 11.6. The van der Waals surface area contributed by atoms with Crippen LogP contribution in [-0.2, 0) is 10.0 Å². The fourth-order valence-electron chi connectivity index (χ4n) is 1.23. The van der Waals surface area contributed by atoms with Gasteiger partial charge < -0.3 is 0 Å². The van der Waals surface area contributed by atoms with Crippen molar-refractivity contribution in [3.05, 3.63) is 41.6 Å². The number of rotatable bonds is 2. The van der Waals surface area contributed by atoms with Crippen molar-refractivity contribution in [1.29, 1.82) is 0 Å². The minimum absolute atomic E-state index is 0.190. The van der Waals surface area contributed by atoms with Crippen LogP contribution in [0.1, 0.15) is 0 Å². The van der Waals surface area contributed by atoms with Crippen molar-refractivity contribution in [3.8, 4) is 5.69 Å². The zero-order valence-electron chi connectivity index (χ0n) is 8.04. The Morgan fingerprint density at radius 2 is 1.88 bits per heavy atom. The Kier molecular flexibility index (Phi) is 2.71. The Hall–Kier alpha value is -1.37. The summed E-state index contributed by atoms with van der Waals surface area (Å²) >= 11 is 5.87. The second kappa shape index (κ2) is 3.89. The number of nitrogens with two attached hydrogens (primary N) is 1. The van der Waals surface area contributed by atoms with Crippen molar-refractivity contribution in [2.45, 2.75) is 5.03 Å². The molecule has 0 fully saturated rings. The number of hydrogen-bond donors (Lipinski definition) is 1. The topological polar surface area (TPSA) is 78.0 Å². The van der Waals surface area contributed by atoms with E-state index in [1.807, 2.05) is 6.07 Å². The summed E-state index contributed by atoms with van der Waals surface area (Å²) in [5.41, 5.74) is 0.669. The van der Waals surface area contributed by atoms with Gasteiger partial charge >= 0.3 is 0 Å². The lowest BCUT2D eigenvalue weighted by Gasteiger charge is -2.01. The quantitative estimate of drug-likeness (QED) is 0.877. The fraction of sp³-hybridized carbons (Fsp3) is 0. The van der Waals surface area contributed by atoms with Crippen LogP contribution in [0.5, 0.6) is 0 Å². The van der Waals surface area contributed by atoms with E-state index in [1.165, 1.54) is 10.7 Å². The molecule has 1 heterocycles. The molecule has 5 nitrogen and oxygen atoms in total. The van der Waals surface area contributed by atoms with Gasteiger partial charge in [0.25, 0.3) is 10.0 Å². The van der Waals surface area contributed by atoms with Crippen molar-refractivity contribution in [2.24, 2.45) is 5.14 Å². The number of primary sulfonamides is 1. The van der Waals surface area contributed by atoms with Gasteiger partial charge in [0, 0.05) is 6.07 Å². The molecule has 0 spiro atoms. The van der Waals surface area contributed by atoms with E-state index in [4.69, 9.17) is 16.7 Å². The lowest BCUT2D eigenvalue weighted by atomic mass is 10.3. The third kappa shape index (κ3) is 2.08. The third-order valence-electron chi connectivity index (χ3n) is 1.94. The first-order valence-corrected chi connectivity index (χ1v) is 6.25. The number of nitrogens with zero attached hydrogens (tertiary/aromatic N) is 2. The van der Waals surface area contributed by atoms with Gasteiger partial charge in [-0.05, 0) is 12.1 Å². The molecule has 1 aromatic carbocycles. The number of sulfonamides is 1. The molecule has 0 bridgehead atoms. The first-order valence-electron chi connectivity index (χ1n) is 4.32. The van der Waals surface area contributed by atoms with Crippen molar-refractivity contribution < 1.29 is 8.42 Å². The maximum atomic E-state index is 11.1. The Labute approximate surface area is 97.5 Å². The summed E-state index contributed by atoms with van der Waals surface area (Å²) in [6.07, 6.45) is 0. The largest absolute Gasteiger partial charge is 0.257 e. The van der Waals surface area contributed by atoms with Crippen LogP contribution >= 0.6 is 11.6 Å². The van der Waals surface area contributed by atoms with Gasteiger partial charge in [0.2, 0.25) is 0 Å². The maximum Gasteiger partial charge on any atom is 0.257 e. The lowest BCUT2D eigenvalue weighted by molar-refractivity contribution is 0.592. The number of benzene rings is 1.